The van der Waals surface area contributed by atoms with Crippen LogP contribution in [0.2, 0.25) is 18.6 Å². The molecule has 0 bridgehead atoms. The predicted octanol–water partition coefficient (Wildman–Crippen LogP) is 4.35. The normalized spacial score (nSPS) is 23.9. The van der Waals surface area contributed by atoms with E-state index in [1.165, 1.54) is 0 Å². The average molecular weight is 565 g/mol. The van der Waals surface area contributed by atoms with Gasteiger partial charge in [0.15, 0.2) is 8.32 Å². The van der Waals surface area contributed by atoms with Gasteiger partial charge in [0, 0.05) is 24.0 Å². The fraction of sp³-hybridized carbons (Fsp3) is 0.500. The number of hydrogen-bond acceptors (Lipinski definition) is 7. The summed E-state index contributed by atoms with van der Waals surface area (Å²) < 4.78 is 13.5. The maximum Gasteiger partial charge on any atom is 0.414 e. The lowest BCUT2D eigenvalue weighted by atomic mass is 9.95. The number of aryl methyl sites for hydroxylation is 2. The van der Waals surface area contributed by atoms with Crippen molar-refractivity contribution in [3.8, 4) is 0 Å². The first-order valence-corrected chi connectivity index (χ1v) is 17.2. The minimum Gasteiger partial charge on any atom is -0.447 e. The van der Waals surface area contributed by atoms with Gasteiger partial charge >= 0.3 is 6.09 Å². The number of amides is 1. The lowest BCUT2D eigenvalue weighted by Crippen LogP contribution is -2.40. The van der Waals surface area contributed by atoms with Crippen LogP contribution in [0.1, 0.15) is 42.5 Å². The first kappa shape index (κ1) is 28.5. The van der Waals surface area contributed by atoms with E-state index >= 15 is 0 Å². The Kier molecular flexibility index (Phi) is 8.70. The van der Waals surface area contributed by atoms with Gasteiger partial charge in [0.2, 0.25) is 0 Å². The van der Waals surface area contributed by atoms with Gasteiger partial charge in [0.05, 0.1) is 37.0 Å². The van der Waals surface area contributed by atoms with Crippen LogP contribution in [0.15, 0.2) is 60.8 Å². The first-order chi connectivity index (χ1) is 19.2. The van der Waals surface area contributed by atoms with Crippen LogP contribution in [0.25, 0.3) is 0 Å². The maximum atomic E-state index is 12.0. The van der Waals surface area contributed by atoms with Crippen molar-refractivity contribution in [3.63, 3.8) is 0 Å². The molecule has 2 aliphatic rings. The summed E-state index contributed by atoms with van der Waals surface area (Å²) in [5.41, 5.74) is 3.88. The number of aromatic nitrogens is 3. The lowest BCUT2D eigenvalue weighted by Gasteiger charge is -2.30. The van der Waals surface area contributed by atoms with Gasteiger partial charge in [-0.15, -0.1) is 5.10 Å². The number of ether oxygens (including phenoxy) is 2. The molecule has 214 valence electrons. The summed E-state index contributed by atoms with van der Waals surface area (Å²) in [5, 5.41) is 18.7. The van der Waals surface area contributed by atoms with E-state index in [0.717, 1.165) is 41.8 Å². The van der Waals surface area contributed by atoms with E-state index < -0.39 is 8.32 Å². The second-order valence-electron chi connectivity index (χ2n) is 11.6. The Bertz CT molecular complexity index is 1280. The highest BCUT2D eigenvalue weighted by atomic mass is 28.4. The summed E-state index contributed by atoms with van der Waals surface area (Å²) in [5.74, 6) is 0.0183. The van der Waals surface area contributed by atoms with Crippen LogP contribution in [0.3, 0.4) is 0 Å². The molecule has 2 aliphatic heterocycles. The smallest absolute Gasteiger partial charge is 0.414 e. The summed E-state index contributed by atoms with van der Waals surface area (Å²) in [6, 6.07) is 17.9. The topological polar surface area (TPSA) is 110 Å². The number of carbonyl (C=O) groups is 1. The number of anilines is 1. The van der Waals surface area contributed by atoms with Gasteiger partial charge in [-0.3, -0.25) is 9.58 Å². The Balaban J connectivity index is 1.22. The van der Waals surface area contributed by atoms with Crippen LogP contribution >= 0.6 is 0 Å². The van der Waals surface area contributed by atoms with Crippen molar-refractivity contribution in [1.29, 1.82) is 0 Å². The minimum absolute atomic E-state index is 0.0367. The first-order valence-electron chi connectivity index (χ1n) is 14.2. The quantitative estimate of drug-likeness (QED) is 0.333. The third-order valence-corrected chi connectivity index (χ3v) is 10.9. The minimum atomic E-state index is -2.50. The third kappa shape index (κ3) is 6.30. The molecule has 2 N–H and O–H groups in total. The zero-order valence-corrected chi connectivity index (χ0v) is 24.5. The van der Waals surface area contributed by atoms with Crippen LogP contribution in [0.4, 0.5) is 10.5 Å². The Morgan fingerprint density at radius 2 is 1.90 bits per heavy atom. The van der Waals surface area contributed by atoms with Gasteiger partial charge in [0.25, 0.3) is 0 Å². The molecular formula is C30H40N4O5Si. The number of aliphatic hydroxyl groups is 1. The van der Waals surface area contributed by atoms with Crippen LogP contribution in [0, 0.1) is 5.92 Å². The fourth-order valence-corrected chi connectivity index (χ4v) is 9.05. The summed E-state index contributed by atoms with van der Waals surface area (Å²) >= 11 is 0. The molecule has 1 amide bonds. The molecule has 2 aromatic carbocycles. The van der Waals surface area contributed by atoms with Crippen LogP contribution in [-0.2, 0) is 22.4 Å². The van der Waals surface area contributed by atoms with E-state index in [9.17, 15) is 14.7 Å². The molecule has 2 saturated heterocycles. The molecular weight excluding hydrogens is 524 g/mol. The summed E-state index contributed by atoms with van der Waals surface area (Å²) in [6.45, 7) is 7.80. The van der Waals surface area contributed by atoms with Crippen LogP contribution in [0.5, 0.6) is 0 Å². The van der Waals surface area contributed by atoms with Crippen molar-refractivity contribution >= 4 is 20.1 Å². The van der Waals surface area contributed by atoms with Crippen molar-refractivity contribution in [3.05, 3.63) is 77.6 Å². The molecule has 9 nitrogen and oxygen atoms in total. The highest BCUT2D eigenvalue weighted by Crippen LogP contribution is 2.45. The zero-order chi connectivity index (χ0) is 28.3. The molecule has 1 aromatic heterocycles. The SMILES string of the molecule is C[C@@H]1[C@@H]([Si](C)(C)O)[C@H](CCn2cc(C(CO)c3ccccc3)nn2)O[C@@H]1CCc1cccc(N2CCOC2=O)c1. The zero-order valence-electron chi connectivity index (χ0n) is 23.5. The van der Waals surface area contributed by atoms with E-state index in [4.69, 9.17) is 9.47 Å². The standard InChI is InChI=1S/C30H40N4O5Si/c1-21-27(13-12-22-8-7-11-24(18-22)34-16-17-38-30(34)36)39-28(29(21)40(2,3)37)14-15-33-19-26(31-32-33)25(20-35)23-9-5-4-6-10-23/h4-11,18-19,21,25,27-29,35,37H,12-17,20H2,1-3H3/t21-,25?,27+,28-,29+/m0/s1. The van der Waals surface area contributed by atoms with Crippen LogP contribution in [-0.4, -0.2) is 71.3 Å². The highest BCUT2D eigenvalue weighted by Gasteiger charge is 2.49. The third-order valence-electron chi connectivity index (χ3n) is 8.36. The number of aliphatic hydroxyl groups excluding tert-OH is 1. The predicted molar refractivity (Wildman–Crippen MR) is 155 cm³/mol. The number of hydrogen-bond donors (Lipinski definition) is 2. The molecule has 5 rings (SSSR count). The number of rotatable bonds is 11. The second kappa shape index (κ2) is 12.2. The van der Waals surface area contributed by atoms with Crippen molar-refractivity contribution in [2.75, 3.05) is 24.7 Å². The van der Waals surface area contributed by atoms with Crippen LogP contribution < -0.4 is 4.90 Å². The molecule has 3 aromatic rings. The van der Waals surface area contributed by atoms with E-state index in [2.05, 4.69) is 29.4 Å². The molecule has 0 spiro atoms. The van der Waals surface area contributed by atoms with Gasteiger partial charge in [-0.1, -0.05) is 54.6 Å². The molecule has 1 unspecified atom stereocenters. The average Bonchev–Trinajstić information content (AvgIpc) is 3.66. The summed E-state index contributed by atoms with van der Waals surface area (Å²) in [4.78, 5) is 24.9. The van der Waals surface area contributed by atoms with Gasteiger partial charge in [-0.05, 0) is 61.5 Å². The molecule has 0 radical (unpaired) electrons. The molecule has 5 atom stereocenters. The Morgan fingerprint density at radius 1 is 1.10 bits per heavy atom. The van der Waals surface area contributed by atoms with E-state index in [1.54, 1.807) is 4.90 Å². The lowest BCUT2D eigenvalue weighted by molar-refractivity contribution is 0.0245. The van der Waals surface area contributed by atoms with Gasteiger partial charge in [-0.25, -0.2) is 4.79 Å². The molecule has 3 heterocycles. The highest BCUT2D eigenvalue weighted by molar-refractivity contribution is 6.71. The van der Waals surface area contributed by atoms with E-state index in [0.29, 0.717) is 19.7 Å². The van der Waals surface area contributed by atoms with Crippen molar-refractivity contribution in [2.24, 2.45) is 5.92 Å². The number of cyclic esters (lactones) is 1. The Labute approximate surface area is 236 Å². The van der Waals surface area contributed by atoms with E-state index in [-0.39, 0.29) is 42.3 Å². The van der Waals surface area contributed by atoms with Gasteiger partial charge in [0.1, 0.15) is 6.61 Å². The number of benzene rings is 2. The molecule has 2 fully saturated rings. The Morgan fingerprint density at radius 3 is 2.60 bits per heavy atom. The van der Waals surface area contributed by atoms with Gasteiger partial charge < -0.3 is 19.4 Å². The number of nitrogens with zero attached hydrogens (tertiary/aromatic N) is 4. The van der Waals surface area contributed by atoms with Crippen molar-refractivity contribution in [1.82, 2.24) is 15.0 Å². The van der Waals surface area contributed by atoms with Gasteiger partial charge in [-0.2, -0.15) is 0 Å². The summed E-state index contributed by atoms with van der Waals surface area (Å²) in [7, 11) is -2.50. The number of carbonyl (C=O) groups excluding carboxylic acids is 1. The van der Waals surface area contributed by atoms with Crippen molar-refractivity contribution in [2.45, 2.75) is 69.5 Å². The van der Waals surface area contributed by atoms with E-state index in [1.807, 2.05) is 66.4 Å². The molecule has 0 aliphatic carbocycles. The Hall–Kier alpha value is -3.05. The molecule has 40 heavy (non-hydrogen) atoms. The monoisotopic (exact) mass is 564 g/mol. The molecule has 10 heteroatoms. The largest absolute Gasteiger partial charge is 0.447 e. The fourth-order valence-electron chi connectivity index (χ4n) is 6.39. The van der Waals surface area contributed by atoms with Crippen molar-refractivity contribution < 1.29 is 24.2 Å². The maximum absolute atomic E-state index is 12.0. The molecule has 0 saturated carbocycles. The second-order valence-corrected chi connectivity index (χ2v) is 15.5. The summed E-state index contributed by atoms with van der Waals surface area (Å²) in [6.07, 6.45) is 3.99.